The second-order valence-electron chi connectivity index (χ2n) is 2.49. The number of tetrazole rings is 1. The van der Waals surface area contributed by atoms with E-state index in [1.54, 1.807) is 18.4 Å². The van der Waals surface area contributed by atoms with Crippen LogP contribution in [0.15, 0.2) is 22.8 Å². The molecule has 0 aromatic carbocycles. The Hall–Kier alpha value is -1.69. The summed E-state index contributed by atoms with van der Waals surface area (Å²) in [6.45, 7) is 0.518. The first-order valence-corrected chi connectivity index (χ1v) is 3.93. The topological polar surface area (TPSA) is 82.8 Å². The maximum atomic E-state index is 5.35. The van der Waals surface area contributed by atoms with Crippen molar-refractivity contribution in [2.75, 3.05) is 6.54 Å². The molecule has 2 rings (SSSR count). The van der Waals surface area contributed by atoms with Gasteiger partial charge in [0.2, 0.25) is 5.88 Å². The third-order valence-corrected chi connectivity index (χ3v) is 1.53. The lowest BCUT2D eigenvalue weighted by molar-refractivity contribution is 0.493. The van der Waals surface area contributed by atoms with Crippen molar-refractivity contribution in [3.05, 3.63) is 24.2 Å². The third kappa shape index (κ3) is 1.57. The molecule has 0 aliphatic carbocycles. The van der Waals surface area contributed by atoms with E-state index >= 15 is 0 Å². The van der Waals surface area contributed by atoms with Gasteiger partial charge in [0.1, 0.15) is 0 Å². The van der Waals surface area contributed by atoms with Crippen LogP contribution < -0.4 is 5.73 Å². The molecular formula is C7H9N5O. The van der Waals surface area contributed by atoms with Crippen LogP contribution in [-0.2, 0) is 6.42 Å². The quantitative estimate of drug-likeness (QED) is 0.702. The number of furan rings is 1. The molecule has 6 heteroatoms. The van der Waals surface area contributed by atoms with Crippen molar-refractivity contribution < 1.29 is 4.42 Å². The molecule has 0 radical (unpaired) electrons. The molecule has 0 saturated carbocycles. The summed E-state index contributed by atoms with van der Waals surface area (Å²) in [7, 11) is 0. The first kappa shape index (κ1) is 7.93. The van der Waals surface area contributed by atoms with E-state index in [2.05, 4.69) is 15.4 Å². The number of hydrogen-bond donors (Lipinski definition) is 1. The van der Waals surface area contributed by atoms with E-state index in [0.717, 1.165) is 0 Å². The van der Waals surface area contributed by atoms with E-state index in [1.165, 1.54) is 4.80 Å². The van der Waals surface area contributed by atoms with Gasteiger partial charge in [-0.05, 0) is 17.8 Å². The van der Waals surface area contributed by atoms with Crippen LogP contribution in [0.1, 0.15) is 5.82 Å². The Kier molecular flexibility index (Phi) is 2.05. The number of rotatable bonds is 3. The summed E-state index contributed by atoms with van der Waals surface area (Å²) in [5.74, 6) is 1.18. The molecule has 13 heavy (non-hydrogen) atoms. The molecule has 0 aliphatic heterocycles. The molecule has 0 amide bonds. The average Bonchev–Trinajstić information content (AvgIpc) is 2.70. The Morgan fingerprint density at radius 3 is 3.15 bits per heavy atom. The standard InChI is InChI=1S/C7H9N5O/c8-4-3-6-9-11-12(10-6)7-2-1-5-13-7/h1-2,5H,3-4,8H2. The van der Waals surface area contributed by atoms with Gasteiger partial charge in [0.15, 0.2) is 5.82 Å². The van der Waals surface area contributed by atoms with Gasteiger partial charge in [-0.1, -0.05) is 4.80 Å². The predicted octanol–water partition coefficient (Wildman–Crippen LogP) is -0.244. The number of nitrogens with zero attached hydrogens (tertiary/aromatic N) is 4. The van der Waals surface area contributed by atoms with Crippen LogP contribution in [0.3, 0.4) is 0 Å². The fourth-order valence-corrected chi connectivity index (χ4v) is 0.949. The van der Waals surface area contributed by atoms with Crippen LogP contribution in [0.5, 0.6) is 0 Å². The highest BCUT2D eigenvalue weighted by Gasteiger charge is 2.04. The smallest absolute Gasteiger partial charge is 0.239 e. The highest BCUT2D eigenvalue weighted by molar-refractivity contribution is 5.12. The van der Waals surface area contributed by atoms with Crippen LogP contribution in [0.25, 0.3) is 5.88 Å². The van der Waals surface area contributed by atoms with Crippen molar-refractivity contribution in [3.63, 3.8) is 0 Å². The summed E-state index contributed by atoms with van der Waals surface area (Å²) in [4.78, 5) is 1.34. The maximum Gasteiger partial charge on any atom is 0.239 e. The minimum Gasteiger partial charge on any atom is -0.445 e. The van der Waals surface area contributed by atoms with E-state index in [9.17, 15) is 0 Å². The summed E-state index contributed by atoms with van der Waals surface area (Å²) in [6.07, 6.45) is 2.18. The lowest BCUT2D eigenvalue weighted by Crippen LogP contribution is -2.04. The zero-order chi connectivity index (χ0) is 9.10. The second kappa shape index (κ2) is 3.36. The van der Waals surface area contributed by atoms with Gasteiger partial charge in [-0.25, -0.2) is 0 Å². The molecule has 2 heterocycles. The van der Waals surface area contributed by atoms with Gasteiger partial charge >= 0.3 is 0 Å². The van der Waals surface area contributed by atoms with E-state index in [1.807, 2.05) is 0 Å². The highest BCUT2D eigenvalue weighted by Crippen LogP contribution is 2.03. The minimum absolute atomic E-state index is 0.518. The van der Waals surface area contributed by atoms with Crippen molar-refractivity contribution in [3.8, 4) is 5.88 Å². The van der Waals surface area contributed by atoms with E-state index < -0.39 is 0 Å². The normalized spacial score (nSPS) is 10.5. The highest BCUT2D eigenvalue weighted by atomic mass is 16.3. The molecule has 0 spiro atoms. The van der Waals surface area contributed by atoms with Gasteiger partial charge < -0.3 is 10.2 Å². The average molecular weight is 179 g/mol. The Labute approximate surface area is 74.3 Å². The van der Waals surface area contributed by atoms with Gasteiger partial charge in [-0.3, -0.25) is 0 Å². The fourth-order valence-electron chi connectivity index (χ4n) is 0.949. The first-order chi connectivity index (χ1) is 6.40. The number of nitrogens with two attached hydrogens (primary N) is 1. The molecule has 0 unspecified atom stereocenters. The SMILES string of the molecule is NCCc1nnn(-c2ccco2)n1. The lowest BCUT2D eigenvalue weighted by Gasteiger charge is -1.88. The molecule has 0 aliphatic rings. The van der Waals surface area contributed by atoms with Gasteiger partial charge in [0.05, 0.1) is 6.26 Å². The molecule has 0 atom stereocenters. The molecule has 0 fully saturated rings. The monoisotopic (exact) mass is 179 g/mol. The number of hydrogen-bond acceptors (Lipinski definition) is 5. The van der Waals surface area contributed by atoms with Crippen molar-refractivity contribution in [1.82, 2.24) is 20.2 Å². The Balaban J connectivity index is 2.23. The fraction of sp³-hybridized carbons (Fsp3) is 0.286. The van der Waals surface area contributed by atoms with Crippen molar-refractivity contribution in [2.45, 2.75) is 6.42 Å². The Morgan fingerprint density at radius 2 is 2.46 bits per heavy atom. The summed E-state index contributed by atoms with van der Waals surface area (Å²) in [5.41, 5.74) is 5.35. The molecule has 6 nitrogen and oxygen atoms in total. The molecular weight excluding hydrogens is 170 g/mol. The molecule has 0 saturated heterocycles. The zero-order valence-corrected chi connectivity index (χ0v) is 6.92. The van der Waals surface area contributed by atoms with Gasteiger partial charge in [0.25, 0.3) is 0 Å². The molecule has 2 aromatic heterocycles. The summed E-state index contributed by atoms with van der Waals surface area (Å²) < 4.78 is 5.08. The van der Waals surface area contributed by atoms with Crippen LogP contribution in [0.2, 0.25) is 0 Å². The minimum atomic E-state index is 0.518. The van der Waals surface area contributed by atoms with E-state index in [-0.39, 0.29) is 0 Å². The van der Waals surface area contributed by atoms with Crippen molar-refractivity contribution in [1.29, 1.82) is 0 Å². The molecule has 2 aromatic rings. The van der Waals surface area contributed by atoms with Crippen molar-refractivity contribution >= 4 is 0 Å². The van der Waals surface area contributed by atoms with E-state index in [0.29, 0.717) is 24.7 Å². The Morgan fingerprint density at radius 1 is 1.54 bits per heavy atom. The molecule has 2 N–H and O–H groups in total. The van der Waals surface area contributed by atoms with Crippen LogP contribution in [0, 0.1) is 0 Å². The van der Waals surface area contributed by atoms with Crippen molar-refractivity contribution in [2.24, 2.45) is 5.73 Å². The van der Waals surface area contributed by atoms with Crippen LogP contribution in [-0.4, -0.2) is 26.8 Å². The van der Waals surface area contributed by atoms with Gasteiger partial charge in [-0.15, -0.1) is 10.2 Å². The summed E-state index contributed by atoms with van der Waals surface area (Å²) >= 11 is 0. The van der Waals surface area contributed by atoms with Crippen LogP contribution >= 0.6 is 0 Å². The second-order valence-corrected chi connectivity index (χ2v) is 2.49. The summed E-state index contributed by atoms with van der Waals surface area (Å²) in [6, 6.07) is 3.52. The number of aromatic nitrogens is 4. The largest absolute Gasteiger partial charge is 0.445 e. The Bertz CT molecular complexity index is 366. The molecule has 0 bridgehead atoms. The third-order valence-electron chi connectivity index (χ3n) is 1.53. The van der Waals surface area contributed by atoms with Gasteiger partial charge in [-0.2, -0.15) is 0 Å². The van der Waals surface area contributed by atoms with E-state index in [4.69, 9.17) is 10.2 Å². The predicted molar refractivity (Wildman–Crippen MR) is 44.2 cm³/mol. The molecule has 68 valence electrons. The van der Waals surface area contributed by atoms with Crippen LogP contribution in [0.4, 0.5) is 0 Å². The van der Waals surface area contributed by atoms with Gasteiger partial charge in [0, 0.05) is 12.5 Å². The lowest BCUT2D eigenvalue weighted by atomic mass is 10.4. The zero-order valence-electron chi connectivity index (χ0n) is 6.92. The first-order valence-electron chi connectivity index (χ1n) is 3.93. The maximum absolute atomic E-state index is 5.35. The summed E-state index contributed by atoms with van der Waals surface area (Å²) in [5, 5.41) is 11.7.